The molecule has 1 aliphatic heterocycles. The molecule has 0 spiro atoms. The van der Waals surface area contributed by atoms with Gasteiger partial charge in [0.05, 0.1) is 17.8 Å². The van der Waals surface area contributed by atoms with Gasteiger partial charge in [0, 0.05) is 35.1 Å². The van der Waals surface area contributed by atoms with Crippen molar-refractivity contribution in [2.75, 3.05) is 20.1 Å². The predicted octanol–water partition coefficient (Wildman–Crippen LogP) is 4.79. The Labute approximate surface area is 199 Å². The molecule has 3 N–H and O–H groups in total. The first-order valence-electron chi connectivity index (χ1n) is 12.2. The Balaban J connectivity index is 1.74. The van der Waals surface area contributed by atoms with E-state index in [2.05, 4.69) is 27.3 Å². The molecule has 0 atom stereocenters. The Kier molecular flexibility index (Phi) is 6.24. The van der Waals surface area contributed by atoms with Gasteiger partial charge in [0.1, 0.15) is 0 Å². The Morgan fingerprint density at radius 3 is 2.62 bits per heavy atom. The zero-order chi connectivity index (χ0) is 23.7. The van der Waals surface area contributed by atoms with Gasteiger partial charge in [0.15, 0.2) is 0 Å². The van der Waals surface area contributed by atoms with Crippen LogP contribution in [0.5, 0.6) is 0 Å². The maximum atomic E-state index is 13.2. The van der Waals surface area contributed by atoms with E-state index in [1.54, 1.807) is 12.1 Å². The van der Waals surface area contributed by atoms with E-state index in [0.717, 1.165) is 40.6 Å². The molecular weight excluding hydrogens is 426 g/mol. The molecule has 0 unspecified atom stereocenters. The summed E-state index contributed by atoms with van der Waals surface area (Å²) in [6.45, 7) is 1.65. The first kappa shape index (κ1) is 22.4. The number of carboxylic acid groups (broad SMARTS) is 1. The molecule has 2 aliphatic rings. The number of carboxylic acids is 1. The number of hydrogen-bond donors (Lipinski definition) is 3. The van der Waals surface area contributed by atoms with Crippen LogP contribution in [-0.4, -0.2) is 41.7 Å². The minimum atomic E-state index is -0.939. The lowest BCUT2D eigenvalue weighted by atomic mass is 9.81. The SMILES string of the molecule is CNCCNC(=O)C1=Cc2ccccc2-c2c(C3CCCCC3)c3ccc(C(=O)O)cc3n2C1. The lowest BCUT2D eigenvalue weighted by Gasteiger charge is -2.24. The van der Waals surface area contributed by atoms with Crippen LogP contribution in [0.4, 0.5) is 0 Å². The van der Waals surface area contributed by atoms with Gasteiger partial charge in [0.2, 0.25) is 5.91 Å². The van der Waals surface area contributed by atoms with Crippen molar-refractivity contribution in [3.05, 3.63) is 64.7 Å². The van der Waals surface area contributed by atoms with Gasteiger partial charge in [0.25, 0.3) is 0 Å². The quantitative estimate of drug-likeness (QED) is 0.465. The smallest absolute Gasteiger partial charge is 0.335 e. The van der Waals surface area contributed by atoms with Crippen LogP contribution in [0.2, 0.25) is 0 Å². The number of fused-ring (bicyclic) bond motifs is 5. The first-order chi connectivity index (χ1) is 16.6. The maximum Gasteiger partial charge on any atom is 0.335 e. The van der Waals surface area contributed by atoms with Crippen LogP contribution in [-0.2, 0) is 11.3 Å². The maximum absolute atomic E-state index is 13.2. The van der Waals surface area contributed by atoms with Crippen LogP contribution in [0.1, 0.15) is 59.5 Å². The number of benzene rings is 2. The van der Waals surface area contributed by atoms with Gasteiger partial charge < -0.3 is 20.3 Å². The van der Waals surface area contributed by atoms with E-state index in [0.29, 0.717) is 31.1 Å². The second kappa shape index (κ2) is 9.47. The first-order valence-corrected chi connectivity index (χ1v) is 12.2. The van der Waals surface area contributed by atoms with E-state index in [1.807, 2.05) is 31.3 Å². The van der Waals surface area contributed by atoms with E-state index in [1.165, 1.54) is 24.8 Å². The molecule has 1 amide bonds. The van der Waals surface area contributed by atoms with Crippen molar-refractivity contribution in [1.82, 2.24) is 15.2 Å². The van der Waals surface area contributed by atoms with E-state index >= 15 is 0 Å². The van der Waals surface area contributed by atoms with Gasteiger partial charge in [-0.15, -0.1) is 0 Å². The highest BCUT2D eigenvalue weighted by atomic mass is 16.4. The molecule has 2 aromatic carbocycles. The second-order valence-corrected chi connectivity index (χ2v) is 9.34. The third-order valence-electron chi connectivity index (χ3n) is 7.19. The molecular formula is C28H31N3O3. The minimum absolute atomic E-state index is 0.0895. The van der Waals surface area contributed by atoms with E-state index in [-0.39, 0.29) is 11.5 Å². The Morgan fingerprint density at radius 2 is 1.85 bits per heavy atom. The van der Waals surface area contributed by atoms with Crippen molar-refractivity contribution in [3.8, 4) is 11.3 Å². The summed E-state index contributed by atoms with van der Waals surface area (Å²) in [7, 11) is 1.86. The lowest BCUT2D eigenvalue weighted by molar-refractivity contribution is -0.117. The van der Waals surface area contributed by atoms with Gasteiger partial charge in [-0.2, -0.15) is 0 Å². The number of nitrogens with one attached hydrogen (secondary N) is 2. The van der Waals surface area contributed by atoms with Crippen molar-refractivity contribution in [3.63, 3.8) is 0 Å². The van der Waals surface area contributed by atoms with Crippen molar-refractivity contribution >= 4 is 28.9 Å². The number of nitrogens with zero attached hydrogens (tertiary/aromatic N) is 1. The number of rotatable bonds is 6. The molecule has 6 heteroatoms. The third kappa shape index (κ3) is 4.03. The van der Waals surface area contributed by atoms with E-state index < -0.39 is 5.97 Å². The zero-order valence-corrected chi connectivity index (χ0v) is 19.6. The fraction of sp³-hybridized carbons (Fsp3) is 0.357. The fourth-order valence-corrected chi connectivity index (χ4v) is 5.56. The monoisotopic (exact) mass is 457 g/mol. The predicted molar refractivity (Wildman–Crippen MR) is 135 cm³/mol. The van der Waals surface area contributed by atoms with Gasteiger partial charge in [-0.05, 0) is 55.1 Å². The van der Waals surface area contributed by atoms with E-state index in [9.17, 15) is 14.7 Å². The standard InChI is InChI=1S/C28H31N3O3/c1-29-13-14-30-27(32)21-15-19-9-5-6-10-22(19)26-25(18-7-3-2-4-8-18)23-12-11-20(28(33)34)16-24(23)31(26)17-21/h5-6,9-12,15-16,18,29H,2-4,7-8,13-14,17H2,1H3,(H,30,32)(H,33,34). The van der Waals surface area contributed by atoms with Crippen molar-refractivity contribution < 1.29 is 14.7 Å². The summed E-state index contributed by atoms with van der Waals surface area (Å²) in [6, 6.07) is 13.7. The summed E-state index contributed by atoms with van der Waals surface area (Å²) in [5, 5.41) is 16.9. The van der Waals surface area contributed by atoms with Crippen molar-refractivity contribution in [2.45, 2.75) is 44.6 Å². The van der Waals surface area contributed by atoms with Crippen molar-refractivity contribution in [1.29, 1.82) is 0 Å². The zero-order valence-electron chi connectivity index (χ0n) is 19.6. The molecule has 1 aliphatic carbocycles. The van der Waals surface area contributed by atoms with Crippen LogP contribution in [0.15, 0.2) is 48.0 Å². The van der Waals surface area contributed by atoms with Gasteiger partial charge in [-0.25, -0.2) is 4.79 Å². The number of carbonyl (C=O) groups is 2. The van der Waals surface area contributed by atoms with Crippen LogP contribution in [0, 0.1) is 0 Å². The molecule has 1 aromatic heterocycles. The molecule has 5 rings (SSSR count). The largest absolute Gasteiger partial charge is 0.478 e. The lowest BCUT2D eigenvalue weighted by Crippen LogP contribution is -2.32. The van der Waals surface area contributed by atoms with Crippen LogP contribution < -0.4 is 10.6 Å². The molecule has 0 bridgehead atoms. The summed E-state index contributed by atoms with van der Waals surface area (Å²) in [6.07, 6.45) is 7.96. The average molecular weight is 458 g/mol. The molecule has 1 fully saturated rings. The van der Waals surface area contributed by atoms with Crippen LogP contribution in [0.25, 0.3) is 28.2 Å². The topological polar surface area (TPSA) is 83.4 Å². The number of aromatic nitrogens is 1. The number of aromatic carboxylic acids is 1. The highest BCUT2D eigenvalue weighted by Gasteiger charge is 2.30. The molecule has 176 valence electrons. The summed E-state index contributed by atoms with van der Waals surface area (Å²) < 4.78 is 2.18. The van der Waals surface area contributed by atoms with Crippen LogP contribution >= 0.6 is 0 Å². The van der Waals surface area contributed by atoms with Crippen molar-refractivity contribution in [2.24, 2.45) is 0 Å². The Morgan fingerprint density at radius 1 is 1.06 bits per heavy atom. The van der Waals surface area contributed by atoms with Gasteiger partial charge >= 0.3 is 5.97 Å². The molecule has 2 heterocycles. The number of hydrogen-bond acceptors (Lipinski definition) is 3. The summed E-state index contributed by atoms with van der Waals surface area (Å²) in [5.41, 5.74) is 6.41. The van der Waals surface area contributed by atoms with Gasteiger partial charge in [-0.1, -0.05) is 49.6 Å². The van der Waals surface area contributed by atoms with E-state index in [4.69, 9.17) is 0 Å². The average Bonchev–Trinajstić information content (AvgIpc) is 3.07. The van der Waals surface area contributed by atoms with Gasteiger partial charge in [-0.3, -0.25) is 4.79 Å². The number of carbonyl (C=O) groups excluding carboxylic acids is 1. The highest BCUT2D eigenvalue weighted by molar-refractivity contribution is 6.03. The Bertz CT molecular complexity index is 1280. The number of likely N-dealkylation sites (N-methyl/N-ethyl adjacent to an activating group) is 1. The number of amides is 1. The van der Waals surface area contributed by atoms with Crippen LogP contribution in [0.3, 0.4) is 0 Å². The molecule has 34 heavy (non-hydrogen) atoms. The molecule has 6 nitrogen and oxygen atoms in total. The molecule has 0 saturated heterocycles. The molecule has 1 saturated carbocycles. The second-order valence-electron chi connectivity index (χ2n) is 9.34. The minimum Gasteiger partial charge on any atom is -0.478 e. The summed E-state index contributed by atoms with van der Waals surface area (Å²) in [4.78, 5) is 25.0. The summed E-state index contributed by atoms with van der Waals surface area (Å²) >= 11 is 0. The molecule has 0 radical (unpaired) electrons. The normalized spacial score (nSPS) is 15.9. The fourth-order valence-electron chi connectivity index (χ4n) is 5.56. The summed E-state index contributed by atoms with van der Waals surface area (Å²) in [5.74, 6) is -0.595. The molecule has 3 aromatic rings. The Hall–Kier alpha value is -3.38. The third-order valence-corrected chi connectivity index (χ3v) is 7.19. The highest BCUT2D eigenvalue weighted by Crippen LogP contribution is 2.46.